The van der Waals surface area contributed by atoms with E-state index in [-0.39, 0.29) is 16.2 Å². The highest BCUT2D eigenvalue weighted by Gasteiger charge is 2.27. The molecule has 1 nitrogen and oxygen atoms in total. The van der Waals surface area contributed by atoms with E-state index in [4.69, 9.17) is 34.8 Å². The van der Waals surface area contributed by atoms with Crippen LogP contribution in [-0.2, 0) is 0 Å². The van der Waals surface area contributed by atoms with Crippen molar-refractivity contribution in [3.8, 4) is 0 Å². The number of Topliss-reactive ketones (excluding diaryl/α,β-unsaturated/α-hetero) is 1. The van der Waals surface area contributed by atoms with Crippen molar-refractivity contribution in [2.45, 2.75) is 33.6 Å². The highest BCUT2D eigenvalue weighted by Crippen LogP contribution is 2.36. The van der Waals surface area contributed by atoms with Crippen molar-refractivity contribution < 1.29 is 4.79 Å². The lowest BCUT2D eigenvalue weighted by atomic mass is 9.79. The van der Waals surface area contributed by atoms with Crippen molar-refractivity contribution in [1.29, 1.82) is 0 Å². The van der Waals surface area contributed by atoms with Gasteiger partial charge in [-0.05, 0) is 36.0 Å². The summed E-state index contributed by atoms with van der Waals surface area (Å²) in [6, 6.07) is 3.21. The van der Waals surface area contributed by atoms with Crippen LogP contribution in [0.15, 0.2) is 12.1 Å². The second-order valence-corrected chi connectivity index (χ2v) is 7.69. The molecule has 0 aliphatic carbocycles. The van der Waals surface area contributed by atoms with E-state index < -0.39 is 0 Å². The van der Waals surface area contributed by atoms with Gasteiger partial charge in [0, 0.05) is 6.42 Å². The van der Waals surface area contributed by atoms with Gasteiger partial charge >= 0.3 is 0 Å². The summed E-state index contributed by atoms with van der Waals surface area (Å²) in [6.45, 7) is 6.36. The summed E-state index contributed by atoms with van der Waals surface area (Å²) in [4.78, 5) is 12.5. The van der Waals surface area contributed by atoms with Gasteiger partial charge in [0.15, 0.2) is 5.78 Å². The summed E-state index contributed by atoms with van der Waals surface area (Å²) in [6.07, 6.45) is 2.40. The van der Waals surface area contributed by atoms with E-state index in [1.165, 1.54) is 0 Å². The van der Waals surface area contributed by atoms with Crippen LogP contribution in [-0.4, -0.2) is 11.9 Å². The van der Waals surface area contributed by atoms with Crippen molar-refractivity contribution >= 4 is 49.8 Å². The van der Waals surface area contributed by atoms with E-state index in [1.54, 1.807) is 12.1 Å². The standard InChI is InChI=1S/C15H20Cl3OP/c1-9(8-20)6-15(2,3)7-12(19)13-10(16)4-5-11(17)14(13)18/h4-5,9H,6-8,20H2,1-3H3. The number of carbonyl (C=O) groups is 1. The Morgan fingerprint density at radius 3 is 2.35 bits per heavy atom. The molecule has 0 N–H and O–H groups in total. The van der Waals surface area contributed by atoms with Gasteiger partial charge in [0.05, 0.1) is 20.6 Å². The third kappa shape index (κ3) is 4.88. The maximum absolute atomic E-state index is 12.5. The molecule has 1 aromatic carbocycles. The van der Waals surface area contributed by atoms with Crippen LogP contribution in [0.5, 0.6) is 0 Å². The third-order valence-electron chi connectivity index (χ3n) is 3.27. The molecule has 0 radical (unpaired) electrons. The Labute approximate surface area is 138 Å². The molecule has 0 aromatic heterocycles. The van der Waals surface area contributed by atoms with Gasteiger partial charge < -0.3 is 0 Å². The summed E-state index contributed by atoms with van der Waals surface area (Å²) >= 11 is 18.2. The molecule has 2 atom stereocenters. The van der Waals surface area contributed by atoms with Crippen LogP contribution in [0.3, 0.4) is 0 Å². The minimum atomic E-state index is -0.0952. The minimum Gasteiger partial charge on any atom is -0.294 e. The minimum absolute atomic E-state index is 0.0524. The zero-order valence-electron chi connectivity index (χ0n) is 12.0. The molecular weight excluding hydrogens is 333 g/mol. The van der Waals surface area contributed by atoms with E-state index in [1.807, 2.05) is 0 Å². The molecule has 0 aliphatic heterocycles. The molecule has 0 saturated carbocycles. The van der Waals surface area contributed by atoms with Crippen molar-refractivity contribution in [1.82, 2.24) is 0 Å². The van der Waals surface area contributed by atoms with Gasteiger partial charge in [-0.15, -0.1) is 9.24 Å². The Morgan fingerprint density at radius 1 is 1.25 bits per heavy atom. The number of hydrogen-bond acceptors (Lipinski definition) is 1. The van der Waals surface area contributed by atoms with Crippen LogP contribution < -0.4 is 0 Å². The molecule has 112 valence electrons. The first-order chi connectivity index (χ1) is 9.18. The van der Waals surface area contributed by atoms with Crippen LogP contribution in [0.4, 0.5) is 0 Å². The van der Waals surface area contributed by atoms with Crippen LogP contribution in [0.1, 0.15) is 44.0 Å². The van der Waals surface area contributed by atoms with Crippen molar-refractivity contribution in [2.75, 3.05) is 6.16 Å². The normalized spacial score (nSPS) is 13.3. The van der Waals surface area contributed by atoms with Gasteiger partial charge in [0.25, 0.3) is 0 Å². The molecule has 0 amide bonds. The average Bonchev–Trinajstić information content (AvgIpc) is 2.33. The lowest BCUT2D eigenvalue weighted by Gasteiger charge is -2.27. The van der Waals surface area contributed by atoms with Crippen LogP contribution in [0.2, 0.25) is 15.1 Å². The predicted molar refractivity (Wildman–Crippen MR) is 92.6 cm³/mol. The van der Waals surface area contributed by atoms with Crippen LogP contribution in [0, 0.1) is 11.3 Å². The Bertz CT molecular complexity index is 500. The van der Waals surface area contributed by atoms with Crippen molar-refractivity contribution in [3.05, 3.63) is 32.8 Å². The smallest absolute Gasteiger partial charge is 0.166 e. The fraction of sp³-hybridized carbons (Fsp3) is 0.533. The number of hydrogen-bond donors (Lipinski definition) is 0. The van der Waals surface area contributed by atoms with E-state index in [0.29, 0.717) is 27.9 Å². The third-order valence-corrected chi connectivity index (χ3v) is 5.19. The Balaban J connectivity index is 2.94. The number of benzene rings is 1. The largest absolute Gasteiger partial charge is 0.294 e. The van der Waals surface area contributed by atoms with E-state index >= 15 is 0 Å². The van der Waals surface area contributed by atoms with E-state index in [2.05, 4.69) is 30.0 Å². The zero-order chi connectivity index (χ0) is 15.5. The fourth-order valence-electron chi connectivity index (χ4n) is 2.40. The molecule has 1 rings (SSSR count). The molecule has 0 spiro atoms. The summed E-state index contributed by atoms with van der Waals surface area (Å²) in [5.41, 5.74) is 0.245. The molecular formula is C15H20Cl3OP. The Morgan fingerprint density at radius 2 is 1.80 bits per heavy atom. The van der Waals surface area contributed by atoms with E-state index in [0.717, 1.165) is 12.6 Å². The zero-order valence-corrected chi connectivity index (χ0v) is 15.4. The molecule has 0 saturated heterocycles. The Hall–Kier alpha value is 0.190. The predicted octanol–water partition coefficient (Wildman–Crippen LogP) is 6.15. The molecule has 5 heteroatoms. The van der Waals surface area contributed by atoms with Gasteiger partial charge in [-0.3, -0.25) is 4.79 Å². The molecule has 20 heavy (non-hydrogen) atoms. The van der Waals surface area contributed by atoms with Crippen molar-refractivity contribution in [2.24, 2.45) is 11.3 Å². The SMILES string of the molecule is CC(CP)CC(C)(C)CC(=O)c1c(Cl)ccc(Cl)c1Cl. The van der Waals surface area contributed by atoms with Gasteiger partial charge in [-0.25, -0.2) is 0 Å². The topological polar surface area (TPSA) is 17.1 Å². The van der Waals surface area contributed by atoms with Gasteiger partial charge in [-0.2, -0.15) is 0 Å². The lowest BCUT2D eigenvalue weighted by Crippen LogP contribution is -2.21. The highest BCUT2D eigenvalue weighted by molar-refractivity contribution is 7.16. The number of halogens is 3. The first kappa shape index (κ1) is 18.2. The van der Waals surface area contributed by atoms with Gasteiger partial charge in [0.2, 0.25) is 0 Å². The molecule has 2 unspecified atom stereocenters. The summed E-state index contributed by atoms with van der Waals surface area (Å²) in [5.74, 6) is 0.497. The summed E-state index contributed by atoms with van der Waals surface area (Å²) in [5, 5.41) is 0.967. The number of rotatable bonds is 6. The fourth-order valence-corrected chi connectivity index (χ4v) is 3.31. The number of carbonyl (C=O) groups excluding carboxylic acids is 1. The van der Waals surface area contributed by atoms with Gasteiger partial charge in [0.1, 0.15) is 0 Å². The van der Waals surface area contributed by atoms with Gasteiger partial charge in [-0.1, -0.05) is 55.6 Å². The highest BCUT2D eigenvalue weighted by atomic mass is 35.5. The van der Waals surface area contributed by atoms with Crippen LogP contribution in [0.25, 0.3) is 0 Å². The first-order valence-electron chi connectivity index (χ1n) is 6.54. The lowest BCUT2D eigenvalue weighted by molar-refractivity contribution is 0.0918. The average molecular weight is 354 g/mol. The maximum atomic E-state index is 12.5. The molecule has 0 fully saturated rings. The second-order valence-electron chi connectivity index (χ2n) is 6.03. The number of ketones is 1. The molecule has 1 aromatic rings. The summed E-state index contributed by atoms with van der Waals surface area (Å²) in [7, 11) is 2.74. The molecule has 0 heterocycles. The maximum Gasteiger partial charge on any atom is 0.166 e. The molecule has 0 bridgehead atoms. The molecule has 0 aliphatic rings. The quantitative estimate of drug-likeness (QED) is 0.341. The van der Waals surface area contributed by atoms with Crippen LogP contribution >= 0.6 is 44.0 Å². The monoisotopic (exact) mass is 352 g/mol. The van der Waals surface area contributed by atoms with E-state index in [9.17, 15) is 4.79 Å². The second kappa shape index (κ2) is 7.45. The van der Waals surface area contributed by atoms with Crippen molar-refractivity contribution in [3.63, 3.8) is 0 Å². The Kier molecular flexibility index (Phi) is 6.80. The summed E-state index contributed by atoms with van der Waals surface area (Å²) < 4.78 is 0. The first-order valence-corrected chi connectivity index (χ1v) is 8.49.